The van der Waals surface area contributed by atoms with Crippen molar-refractivity contribution in [3.8, 4) is 0 Å². The molecule has 0 spiro atoms. The first kappa shape index (κ1) is 31.8. The van der Waals surface area contributed by atoms with Crippen molar-refractivity contribution in [1.82, 2.24) is 0 Å². The van der Waals surface area contributed by atoms with Crippen molar-refractivity contribution in [2.45, 2.75) is 123 Å². The third kappa shape index (κ3) is 18.4. The van der Waals surface area contributed by atoms with Crippen molar-refractivity contribution in [2.75, 3.05) is 0 Å². The van der Waals surface area contributed by atoms with Crippen LogP contribution >= 0.6 is 0 Å². The third-order valence-electron chi connectivity index (χ3n) is 5.45. The molecule has 6 heteroatoms. The SMILES string of the molecule is CCCCCC[C@@H](O)C/C=C\CCCCCCCC([O-])=N[C@H](C(=O)O)[C@@H](C)CC.[Na+]. The summed E-state index contributed by atoms with van der Waals surface area (Å²) in [5.74, 6) is -1.41. The van der Waals surface area contributed by atoms with E-state index in [2.05, 4.69) is 24.1 Å². The van der Waals surface area contributed by atoms with Crippen LogP contribution in [0.25, 0.3) is 0 Å². The second kappa shape index (κ2) is 21.9. The first-order valence-electron chi connectivity index (χ1n) is 11.7. The molecule has 0 bridgehead atoms. The van der Waals surface area contributed by atoms with E-state index >= 15 is 0 Å². The smallest absolute Gasteiger partial charge is 0.862 e. The number of rotatable bonds is 19. The molecule has 0 heterocycles. The molecular formula is C24H44NNaO4. The fourth-order valence-corrected chi connectivity index (χ4v) is 3.23. The molecule has 3 atom stereocenters. The van der Waals surface area contributed by atoms with Gasteiger partial charge < -0.3 is 15.3 Å². The first-order valence-corrected chi connectivity index (χ1v) is 11.7. The van der Waals surface area contributed by atoms with Gasteiger partial charge in [-0.25, -0.2) is 4.79 Å². The van der Waals surface area contributed by atoms with E-state index in [9.17, 15) is 20.1 Å². The summed E-state index contributed by atoms with van der Waals surface area (Å²) in [7, 11) is 0. The van der Waals surface area contributed by atoms with Gasteiger partial charge in [-0.2, -0.15) is 0 Å². The van der Waals surface area contributed by atoms with E-state index in [-0.39, 0.29) is 47.5 Å². The maximum atomic E-state index is 11.9. The van der Waals surface area contributed by atoms with Gasteiger partial charge in [0.05, 0.1) is 6.10 Å². The minimum absolute atomic E-state index is 0. The zero-order chi connectivity index (χ0) is 21.9. The van der Waals surface area contributed by atoms with Crippen molar-refractivity contribution >= 4 is 11.9 Å². The largest absolute Gasteiger partial charge is 1.00 e. The number of nitrogens with zero attached hydrogens (tertiary/aromatic N) is 1. The average molecular weight is 434 g/mol. The van der Waals surface area contributed by atoms with E-state index < -0.39 is 12.0 Å². The molecule has 0 fully saturated rings. The quantitative estimate of drug-likeness (QED) is 0.107. The number of unbranched alkanes of at least 4 members (excludes halogenated alkanes) is 8. The van der Waals surface area contributed by atoms with Gasteiger partial charge in [-0.3, -0.25) is 4.99 Å². The summed E-state index contributed by atoms with van der Waals surface area (Å²) in [5, 5.41) is 31.0. The van der Waals surface area contributed by atoms with Crippen LogP contribution in [-0.2, 0) is 4.79 Å². The number of carbonyl (C=O) groups is 1. The number of aliphatic hydroxyl groups excluding tert-OH is 1. The summed E-state index contributed by atoms with van der Waals surface area (Å²) in [6.07, 6.45) is 17.7. The molecular weight excluding hydrogens is 389 g/mol. The van der Waals surface area contributed by atoms with Gasteiger partial charge in [0.25, 0.3) is 0 Å². The predicted octanol–water partition coefficient (Wildman–Crippen LogP) is 2.26. The van der Waals surface area contributed by atoms with Crippen molar-refractivity contribution in [2.24, 2.45) is 10.9 Å². The molecule has 0 aromatic rings. The first-order chi connectivity index (χ1) is 13.9. The minimum atomic E-state index is -1.01. The number of aliphatic imine (C=N–C) groups is 1. The molecule has 0 radical (unpaired) electrons. The topological polar surface area (TPSA) is 93.0 Å². The van der Waals surface area contributed by atoms with Crippen LogP contribution in [0.5, 0.6) is 0 Å². The van der Waals surface area contributed by atoms with Gasteiger partial charge in [-0.05, 0) is 50.3 Å². The Labute approximate surface area is 206 Å². The number of carboxylic acid groups (broad SMARTS) is 1. The fourth-order valence-electron chi connectivity index (χ4n) is 3.23. The molecule has 0 unspecified atom stereocenters. The molecule has 0 aliphatic rings. The molecule has 0 aliphatic carbocycles. The number of hydrogen-bond donors (Lipinski definition) is 2. The van der Waals surface area contributed by atoms with Gasteiger partial charge in [-0.1, -0.05) is 84.3 Å². The maximum Gasteiger partial charge on any atom is 1.00 e. The molecule has 0 amide bonds. The van der Waals surface area contributed by atoms with E-state index in [0.29, 0.717) is 12.8 Å². The van der Waals surface area contributed by atoms with Gasteiger partial charge in [-0.15, -0.1) is 0 Å². The molecule has 0 aliphatic heterocycles. The Hall–Kier alpha value is -0.360. The fraction of sp³-hybridized carbons (Fsp3) is 0.833. The molecule has 2 N–H and O–H groups in total. The third-order valence-corrected chi connectivity index (χ3v) is 5.45. The number of hydrogen-bond acceptors (Lipinski definition) is 4. The Bertz CT molecular complexity index is 468. The molecule has 0 aromatic heterocycles. The summed E-state index contributed by atoms with van der Waals surface area (Å²) in [5.41, 5.74) is 0. The van der Waals surface area contributed by atoms with Crippen LogP contribution in [0.15, 0.2) is 17.1 Å². The van der Waals surface area contributed by atoms with Gasteiger partial charge in [0.1, 0.15) is 6.04 Å². The summed E-state index contributed by atoms with van der Waals surface area (Å²) in [6, 6.07) is -0.908. The normalized spacial score (nSPS) is 15.0. The minimum Gasteiger partial charge on any atom is -0.862 e. The summed E-state index contributed by atoms with van der Waals surface area (Å²) in [4.78, 5) is 15.1. The summed E-state index contributed by atoms with van der Waals surface area (Å²) < 4.78 is 0. The van der Waals surface area contributed by atoms with E-state index in [1.165, 1.54) is 19.3 Å². The van der Waals surface area contributed by atoms with Crippen LogP contribution < -0.4 is 34.7 Å². The zero-order valence-electron chi connectivity index (χ0n) is 19.9. The monoisotopic (exact) mass is 433 g/mol. The molecule has 0 aromatic carbocycles. The Morgan fingerprint density at radius 2 is 1.63 bits per heavy atom. The van der Waals surface area contributed by atoms with Crippen molar-refractivity contribution in [3.63, 3.8) is 0 Å². The van der Waals surface area contributed by atoms with E-state index in [1.807, 2.05) is 13.8 Å². The molecule has 0 saturated heterocycles. The second-order valence-electron chi connectivity index (χ2n) is 8.21. The van der Waals surface area contributed by atoms with Crippen LogP contribution in [0.1, 0.15) is 111 Å². The van der Waals surface area contributed by atoms with Crippen LogP contribution in [-0.4, -0.2) is 34.2 Å². The Balaban J connectivity index is 0. The van der Waals surface area contributed by atoms with E-state index in [0.717, 1.165) is 57.8 Å². The summed E-state index contributed by atoms with van der Waals surface area (Å²) >= 11 is 0. The Morgan fingerprint density at radius 3 is 2.27 bits per heavy atom. The molecule has 30 heavy (non-hydrogen) atoms. The van der Waals surface area contributed by atoms with Crippen LogP contribution in [0.4, 0.5) is 0 Å². The van der Waals surface area contributed by atoms with Crippen LogP contribution in [0.2, 0.25) is 0 Å². The maximum absolute atomic E-state index is 11.9. The standard InChI is InChI=1S/C24H45NO4.Na/c1-4-6-7-14-17-21(26)18-15-12-10-8-9-11-13-16-19-22(27)25-23(24(28)29)20(3)5-2;/h12,15,20-21,23,26H,4-11,13-14,16-19H2,1-3H3,(H,25,27)(H,28,29);/q;+1/p-1/b15-12-;/t20-,21+,23-;/m0./s1. The van der Waals surface area contributed by atoms with Crippen LogP contribution in [0, 0.1) is 5.92 Å². The molecule has 170 valence electrons. The zero-order valence-corrected chi connectivity index (χ0v) is 21.9. The van der Waals surface area contributed by atoms with Gasteiger partial charge >= 0.3 is 35.5 Å². The van der Waals surface area contributed by atoms with Gasteiger partial charge in [0.2, 0.25) is 0 Å². The van der Waals surface area contributed by atoms with Crippen molar-refractivity contribution in [1.29, 1.82) is 0 Å². The van der Waals surface area contributed by atoms with E-state index in [1.54, 1.807) is 0 Å². The van der Waals surface area contributed by atoms with Gasteiger partial charge in [0, 0.05) is 0 Å². The van der Waals surface area contributed by atoms with Gasteiger partial charge in [0.15, 0.2) is 0 Å². The van der Waals surface area contributed by atoms with Crippen molar-refractivity contribution < 1.29 is 49.7 Å². The number of aliphatic hydroxyl groups is 1. The predicted molar refractivity (Wildman–Crippen MR) is 119 cm³/mol. The van der Waals surface area contributed by atoms with E-state index in [4.69, 9.17) is 0 Å². The molecule has 5 nitrogen and oxygen atoms in total. The Morgan fingerprint density at radius 1 is 1.00 bits per heavy atom. The Kier molecular flexibility index (Phi) is 23.2. The number of aliphatic carboxylic acids is 1. The van der Waals surface area contributed by atoms with Crippen molar-refractivity contribution in [3.05, 3.63) is 12.2 Å². The van der Waals surface area contributed by atoms with Crippen LogP contribution in [0.3, 0.4) is 0 Å². The molecule has 0 saturated carbocycles. The second-order valence-corrected chi connectivity index (χ2v) is 8.21. The summed E-state index contributed by atoms with van der Waals surface area (Å²) in [6.45, 7) is 5.92. The number of carboxylic acids is 1. The average Bonchev–Trinajstić information content (AvgIpc) is 2.70. The number of allylic oxidation sites excluding steroid dienone is 1. The molecule has 0 rings (SSSR count).